The summed E-state index contributed by atoms with van der Waals surface area (Å²) in [4.78, 5) is 12.8. The number of nitrogens with one attached hydrogen (secondary N) is 3. The van der Waals surface area contributed by atoms with Gasteiger partial charge in [0.1, 0.15) is 61.0 Å². The number of hydrogen-bond acceptors (Lipinski definition) is 22. The molecular weight excluding hydrogens is 748 g/mol. The van der Waals surface area contributed by atoms with Crippen LogP contribution in [-0.2, 0) is 33.2 Å². The summed E-state index contributed by atoms with van der Waals surface area (Å²) in [5.41, 5.74) is 29.4. The Morgan fingerprint density at radius 2 is 1.48 bits per heavy atom. The predicted molar refractivity (Wildman–Crippen MR) is 191 cm³/mol. The highest BCUT2D eigenvalue weighted by molar-refractivity contribution is 5.81. The van der Waals surface area contributed by atoms with Gasteiger partial charge >= 0.3 is 0 Å². The molecule has 0 aromatic heterocycles. The molecule has 21 N–H and O–H groups in total. The van der Waals surface area contributed by atoms with Gasteiger partial charge in [-0.3, -0.25) is 4.79 Å². The summed E-state index contributed by atoms with van der Waals surface area (Å²) in [6.07, 6.45) is -18.5. The van der Waals surface area contributed by atoms with E-state index in [0.717, 1.165) is 0 Å². The number of amides is 1. The first-order chi connectivity index (χ1) is 26.6. The Labute approximate surface area is 324 Å². The lowest BCUT2D eigenvalue weighted by molar-refractivity contribution is -0.290. The van der Waals surface area contributed by atoms with Crippen molar-refractivity contribution in [3.05, 3.63) is 0 Å². The molecule has 0 radical (unpaired) electrons. The molecule has 1 saturated carbocycles. The third-order valence-electron chi connectivity index (χ3n) is 11.4. The number of ether oxygens (including phenoxy) is 6. The molecule has 23 nitrogen and oxygen atoms in total. The number of rotatable bonds is 16. The van der Waals surface area contributed by atoms with Crippen LogP contribution in [-0.4, -0.2) is 215 Å². The van der Waals surface area contributed by atoms with Crippen molar-refractivity contribution in [2.45, 2.75) is 154 Å². The molecular formula is C33H64N8O15. The first kappa shape index (κ1) is 45.7. The zero-order valence-corrected chi connectivity index (χ0v) is 31.3. The monoisotopic (exact) mass is 812 g/mol. The number of carbonyl (C=O) groups excluding carboxylic acids is 1. The molecule has 4 saturated heterocycles. The maximum Gasteiger partial charge on any atom is 0.251 e. The van der Waals surface area contributed by atoms with E-state index < -0.39 is 135 Å². The van der Waals surface area contributed by atoms with Crippen molar-refractivity contribution in [3.63, 3.8) is 0 Å². The maximum absolute atomic E-state index is 12.8. The van der Waals surface area contributed by atoms with Crippen molar-refractivity contribution >= 4 is 5.91 Å². The number of aliphatic hydroxyl groups excluding tert-OH is 7. The molecule has 5 aliphatic rings. The highest BCUT2D eigenvalue weighted by Crippen LogP contribution is 2.35. The maximum atomic E-state index is 12.8. The van der Waals surface area contributed by atoms with Crippen LogP contribution < -0.4 is 44.6 Å². The number of piperidine rings is 1. The van der Waals surface area contributed by atoms with Crippen LogP contribution >= 0.6 is 0 Å². The first-order valence-corrected chi connectivity index (χ1v) is 19.3. The number of hydrogen-bond donors (Lipinski definition) is 16. The average Bonchev–Trinajstić information content (AvgIpc) is 3.48. The summed E-state index contributed by atoms with van der Waals surface area (Å²) < 4.78 is 36.2. The molecule has 326 valence electrons. The summed E-state index contributed by atoms with van der Waals surface area (Å²) >= 11 is 0. The van der Waals surface area contributed by atoms with Gasteiger partial charge in [-0.25, -0.2) is 0 Å². The van der Waals surface area contributed by atoms with Crippen LogP contribution in [0.3, 0.4) is 0 Å². The SMILES string of the molecule is NC[C@@H]1O[C@H](O[C@H]2[C@@H](O)[C@H](O[C@@H]3[C@@H](O)[C@H](NC(=O)[C@@H](O)[C@@H](O)CN)C[C@H](N)[C@H]3O[C@H]3O[C@H](CNCC4(O)CCNCC4)CC[C@H]3N)O[C@@H]2CO)[C@H](N)[C@@H](O)[C@@H]1O. The minimum Gasteiger partial charge on any atom is -0.394 e. The van der Waals surface area contributed by atoms with Crippen molar-refractivity contribution in [1.29, 1.82) is 0 Å². The second-order valence-electron chi connectivity index (χ2n) is 15.6. The van der Waals surface area contributed by atoms with Crippen molar-refractivity contribution in [2.75, 3.05) is 45.9 Å². The van der Waals surface area contributed by atoms with E-state index in [1.165, 1.54) is 0 Å². The Kier molecular flexibility index (Phi) is 16.5. The molecule has 5 rings (SSSR count). The van der Waals surface area contributed by atoms with Crippen LogP contribution in [0, 0.1) is 0 Å². The fourth-order valence-electron chi connectivity index (χ4n) is 7.84. The van der Waals surface area contributed by atoms with E-state index >= 15 is 0 Å². The summed E-state index contributed by atoms with van der Waals surface area (Å²) in [5.74, 6) is -1.04. The Balaban J connectivity index is 1.31. The largest absolute Gasteiger partial charge is 0.394 e. The van der Waals surface area contributed by atoms with E-state index in [2.05, 4.69) is 16.0 Å². The van der Waals surface area contributed by atoms with Crippen LogP contribution in [0.4, 0.5) is 0 Å². The topological polar surface area (TPSA) is 400 Å². The molecule has 1 amide bonds. The van der Waals surface area contributed by atoms with Gasteiger partial charge in [0.25, 0.3) is 5.91 Å². The van der Waals surface area contributed by atoms with E-state index in [4.69, 9.17) is 57.1 Å². The molecule has 0 unspecified atom stereocenters. The van der Waals surface area contributed by atoms with Crippen LogP contribution in [0.15, 0.2) is 0 Å². The summed E-state index contributed by atoms with van der Waals surface area (Å²) in [7, 11) is 0. The van der Waals surface area contributed by atoms with Gasteiger partial charge in [0.2, 0.25) is 0 Å². The van der Waals surface area contributed by atoms with Crippen molar-refractivity contribution in [3.8, 4) is 0 Å². The van der Waals surface area contributed by atoms with Gasteiger partial charge < -0.3 is 114 Å². The van der Waals surface area contributed by atoms with Gasteiger partial charge in [0.05, 0.1) is 36.4 Å². The molecule has 56 heavy (non-hydrogen) atoms. The number of carbonyl (C=O) groups is 1. The van der Waals surface area contributed by atoms with Gasteiger partial charge in [-0.2, -0.15) is 0 Å². The zero-order valence-electron chi connectivity index (χ0n) is 31.3. The van der Waals surface area contributed by atoms with Gasteiger partial charge in [-0.05, 0) is 45.2 Å². The van der Waals surface area contributed by atoms with Crippen LogP contribution in [0.2, 0.25) is 0 Å². The van der Waals surface area contributed by atoms with Crippen molar-refractivity contribution in [2.24, 2.45) is 28.7 Å². The fraction of sp³-hybridized carbons (Fsp3) is 0.970. The summed E-state index contributed by atoms with van der Waals surface area (Å²) in [5, 5.41) is 94.2. The third-order valence-corrected chi connectivity index (χ3v) is 11.4. The predicted octanol–water partition coefficient (Wildman–Crippen LogP) is -9.25. The molecule has 4 aliphatic heterocycles. The molecule has 0 aromatic carbocycles. The Morgan fingerprint density at radius 3 is 2.14 bits per heavy atom. The van der Waals surface area contributed by atoms with E-state index in [1.807, 2.05) is 0 Å². The highest BCUT2D eigenvalue weighted by Gasteiger charge is 2.54. The normalized spacial score (nSPS) is 44.3. The third kappa shape index (κ3) is 10.7. The Hall–Kier alpha value is -1.37. The zero-order chi connectivity index (χ0) is 40.9. The van der Waals surface area contributed by atoms with Gasteiger partial charge in [0, 0.05) is 32.2 Å². The molecule has 19 atom stereocenters. The summed E-state index contributed by atoms with van der Waals surface area (Å²) in [6, 6.07) is -4.11. The molecule has 0 aromatic rings. The van der Waals surface area contributed by atoms with Gasteiger partial charge in [-0.15, -0.1) is 0 Å². The number of aliphatic hydroxyl groups is 8. The minimum absolute atomic E-state index is 0.115. The highest BCUT2D eigenvalue weighted by atomic mass is 16.8. The van der Waals surface area contributed by atoms with E-state index in [-0.39, 0.29) is 19.1 Å². The second-order valence-corrected chi connectivity index (χ2v) is 15.6. The van der Waals surface area contributed by atoms with E-state index in [9.17, 15) is 45.6 Å². The molecule has 4 heterocycles. The lowest BCUT2D eigenvalue weighted by Crippen LogP contribution is -2.67. The average molecular weight is 813 g/mol. The van der Waals surface area contributed by atoms with Crippen LogP contribution in [0.1, 0.15) is 32.1 Å². The van der Waals surface area contributed by atoms with Crippen molar-refractivity contribution < 1.29 is 74.1 Å². The standard InChI is InChI=1S/C33H64N8O15/c34-8-17(43)22(45)29(49)41-16-7-15(37)26(54-30-14(36)2-1-13(51-30)10-40-12-33(50)3-5-39-6-4-33)28(21(16)44)56-32-25(48)27(19(11-42)53-32)55-31-20(38)24(47)23(46)18(9-35)52-31/h13-28,30-32,39-40,42-48,50H,1-12,34-38H2,(H,41,49)/t13-,14+,15-,16+,17-,18-,19+,20+,21-,22-,23+,24+,25+,26+,27+,28+,30+,31+,32-/m0/s1. The smallest absolute Gasteiger partial charge is 0.251 e. The second kappa shape index (κ2) is 20.3. The minimum atomic E-state index is -1.93. The molecule has 5 fully saturated rings. The fourth-order valence-corrected chi connectivity index (χ4v) is 7.84. The number of nitrogens with two attached hydrogens (primary N) is 5. The van der Waals surface area contributed by atoms with E-state index in [1.54, 1.807) is 0 Å². The van der Waals surface area contributed by atoms with E-state index in [0.29, 0.717) is 51.9 Å². The quantitative estimate of drug-likeness (QED) is 0.0688. The van der Waals surface area contributed by atoms with Gasteiger partial charge in [-0.1, -0.05) is 0 Å². The lowest BCUT2D eigenvalue weighted by atomic mass is 9.83. The Bertz CT molecular complexity index is 1230. The molecule has 1 aliphatic carbocycles. The molecule has 23 heteroatoms. The lowest BCUT2D eigenvalue weighted by Gasteiger charge is -2.47. The molecule has 0 bridgehead atoms. The van der Waals surface area contributed by atoms with Crippen LogP contribution in [0.25, 0.3) is 0 Å². The van der Waals surface area contributed by atoms with Crippen molar-refractivity contribution in [1.82, 2.24) is 16.0 Å². The first-order valence-electron chi connectivity index (χ1n) is 19.3. The summed E-state index contributed by atoms with van der Waals surface area (Å²) in [6.45, 7) is 0.859. The molecule has 0 spiro atoms. The Morgan fingerprint density at radius 1 is 0.821 bits per heavy atom. The van der Waals surface area contributed by atoms with Gasteiger partial charge in [0.15, 0.2) is 25.0 Å². The van der Waals surface area contributed by atoms with Crippen LogP contribution in [0.5, 0.6) is 0 Å².